The van der Waals surface area contributed by atoms with Gasteiger partial charge in [-0.1, -0.05) is 6.92 Å². The minimum Gasteiger partial charge on any atom is -0.381 e. The van der Waals surface area contributed by atoms with E-state index in [1.54, 1.807) is 0 Å². The molecule has 1 heterocycles. The van der Waals surface area contributed by atoms with Gasteiger partial charge >= 0.3 is 0 Å². The molecule has 14 heavy (non-hydrogen) atoms. The minimum atomic E-state index is 0.0822. The van der Waals surface area contributed by atoms with E-state index in [2.05, 4.69) is 5.32 Å². The number of hydrogen-bond acceptors (Lipinski definition) is 3. The highest BCUT2D eigenvalue weighted by Crippen LogP contribution is 2.14. The molecule has 1 fully saturated rings. The van der Waals surface area contributed by atoms with Crippen LogP contribution in [0.4, 0.5) is 0 Å². The Morgan fingerprint density at radius 2 is 2.21 bits per heavy atom. The van der Waals surface area contributed by atoms with E-state index in [1.165, 1.54) is 0 Å². The Kier molecular flexibility index (Phi) is 4.90. The minimum absolute atomic E-state index is 0.0822. The summed E-state index contributed by atoms with van der Waals surface area (Å²) in [6, 6.07) is 0.0822. The van der Waals surface area contributed by atoms with Crippen LogP contribution in [-0.4, -0.2) is 31.7 Å². The summed E-state index contributed by atoms with van der Waals surface area (Å²) in [4.78, 5) is 11.6. The normalized spacial score (nSPS) is 20.4. The van der Waals surface area contributed by atoms with Crippen LogP contribution in [0.25, 0.3) is 0 Å². The first-order chi connectivity index (χ1) is 6.74. The fourth-order valence-electron chi connectivity index (χ4n) is 1.48. The second kappa shape index (κ2) is 5.98. The molecule has 1 unspecified atom stereocenters. The van der Waals surface area contributed by atoms with Crippen LogP contribution in [0.1, 0.15) is 26.2 Å². The molecule has 4 heteroatoms. The maximum atomic E-state index is 11.6. The van der Waals surface area contributed by atoms with Crippen LogP contribution < -0.4 is 11.1 Å². The summed E-state index contributed by atoms with van der Waals surface area (Å²) in [5.41, 5.74) is 5.71. The number of carbonyl (C=O) groups is 1. The number of carbonyl (C=O) groups excluding carboxylic acids is 1. The number of hydrogen-bond donors (Lipinski definition) is 2. The molecule has 0 saturated carbocycles. The van der Waals surface area contributed by atoms with Gasteiger partial charge in [-0.25, -0.2) is 0 Å². The van der Waals surface area contributed by atoms with Gasteiger partial charge in [0.1, 0.15) is 0 Å². The zero-order valence-electron chi connectivity index (χ0n) is 8.79. The zero-order chi connectivity index (χ0) is 10.4. The predicted octanol–water partition coefficient (Wildman–Crippen LogP) is 0.267. The molecule has 0 aromatic heterocycles. The van der Waals surface area contributed by atoms with Crippen molar-refractivity contribution in [2.75, 3.05) is 19.8 Å². The second-order valence-electron chi connectivity index (χ2n) is 3.80. The van der Waals surface area contributed by atoms with Crippen LogP contribution in [0.5, 0.6) is 0 Å². The standard InChI is InChI=1S/C10H20N2O2/c1-2-9(11)7-12-10(13)8-3-5-14-6-4-8/h8-9H,2-7,11H2,1H3,(H,12,13). The van der Waals surface area contributed by atoms with E-state index in [-0.39, 0.29) is 17.9 Å². The van der Waals surface area contributed by atoms with Gasteiger partial charge in [0.15, 0.2) is 0 Å². The van der Waals surface area contributed by atoms with Crippen molar-refractivity contribution in [2.45, 2.75) is 32.2 Å². The Labute approximate surface area is 85.2 Å². The van der Waals surface area contributed by atoms with Crippen molar-refractivity contribution >= 4 is 5.91 Å². The monoisotopic (exact) mass is 200 g/mol. The van der Waals surface area contributed by atoms with Crippen molar-refractivity contribution < 1.29 is 9.53 Å². The number of ether oxygens (including phenoxy) is 1. The molecule has 3 N–H and O–H groups in total. The molecule has 82 valence electrons. The lowest BCUT2D eigenvalue weighted by atomic mass is 9.99. The van der Waals surface area contributed by atoms with Crippen molar-refractivity contribution in [1.82, 2.24) is 5.32 Å². The van der Waals surface area contributed by atoms with Crippen molar-refractivity contribution in [3.8, 4) is 0 Å². The van der Waals surface area contributed by atoms with Crippen LogP contribution in [0.3, 0.4) is 0 Å². The van der Waals surface area contributed by atoms with E-state index >= 15 is 0 Å². The summed E-state index contributed by atoms with van der Waals surface area (Å²) in [6.45, 7) is 4.02. The Balaban J connectivity index is 2.19. The topological polar surface area (TPSA) is 64.3 Å². The molecule has 1 aliphatic rings. The lowest BCUT2D eigenvalue weighted by molar-refractivity contribution is -0.127. The van der Waals surface area contributed by atoms with Crippen LogP contribution in [0.2, 0.25) is 0 Å². The Morgan fingerprint density at radius 3 is 2.79 bits per heavy atom. The van der Waals surface area contributed by atoms with E-state index in [1.807, 2.05) is 6.92 Å². The van der Waals surface area contributed by atoms with Crippen molar-refractivity contribution in [1.29, 1.82) is 0 Å². The SMILES string of the molecule is CCC(N)CNC(=O)C1CCOCC1. The van der Waals surface area contributed by atoms with Gasteiger partial charge in [-0.05, 0) is 19.3 Å². The lowest BCUT2D eigenvalue weighted by Crippen LogP contribution is -2.41. The average molecular weight is 200 g/mol. The average Bonchev–Trinajstić information content (AvgIpc) is 2.26. The van der Waals surface area contributed by atoms with E-state index < -0.39 is 0 Å². The van der Waals surface area contributed by atoms with Gasteiger partial charge in [0.25, 0.3) is 0 Å². The van der Waals surface area contributed by atoms with Gasteiger partial charge in [0.05, 0.1) is 0 Å². The lowest BCUT2D eigenvalue weighted by Gasteiger charge is -2.22. The molecule has 0 aliphatic carbocycles. The molecule has 1 amide bonds. The summed E-state index contributed by atoms with van der Waals surface area (Å²) < 4.78 is 5.19. The highest BCUT2D eigenvalue weighted by molar-refractivity contribution is 5.78. The molecule has 1 aliphatic heterocycles. The fraction of sp³-hybridized carbons (Fsp3) is 0.900. The third-order valence-electron chi connectivity index (χ3n) is 2.65. The van der Waals surface area contributed by atoms with Gasteiger partial charge in [0.2, 0.25) is 5.91 Å². The first-order valence-corrected chi connectivity index (χ1v) is 5.35. The molecule has 0 aromatic carbocycles. The van der Waals surface area contributed by atoms with Crippen molar-refractivity contribution in [3.63, 3.8) is 0 Å². The summed E-state index contributed by atoms with van der Waals surface area (Å²) in [5.74, 6) is 0.269. The van der Waals surface area contributed by atoms with Gasteiger partial charge in [-0.3, -0.25) is 4.79 Å². The van der Waals surface area contributed by atoms with E-state index in [9.17, 15) is 4.79 Å². The third kappa shape index (κ3) is 3.64. The van der Waals surface area contributed by atoms with Crippen LogP contribution in [0.15, 0.2) is 0 Å². The molecule has 1 rings (SSSR count). The highest BCUT2D eigenvalue weighted by atomic mass is 16.5. The number of rotatable bonds is 4. The molecule has 0 aromatic rings. The van der Waals surface area contributed by atoms with E-state index in [4.69, 9.17) is 10.5 Å². The Bertz CT molecular complexity index is 179. The van der Waals surface area contributed by atoms with Gasteiger partial charge < -0.3 is 15.8 Å². The summed E-state index contributed by atoms with van der Waals surface area (Å²) in [7, 11) is 0. The molecule has 0 radical (unpaired) electrons. The molecule has 4 nitrogen and oxygen atoms in total. The van der Waals surface area contributed by atoms with Crippen LogP contribution in [-0.2, 0) is 9.53 Å². The first-order valence-electron chi connectivity index (χ1n) is 5.35. The predicted molar refractivity (Wildman–Crippen MR) is 54.8 cm³/mol. The fourth-order valence-corrected chi connectivity index (χ4v) is 1.48. The maximum Gasteiger partial charge on any atom is 0.223 e. The molecular weight excluding hydrogens is 180 g/mol. The maximum absolute atomic E-state index is 11.6. The zero-order valence-corrected chi connectivity index (χ0v) is 8.79. The Morgan fingerprint density at radius 1 is 1.57 bits per heavy atom. The van der Waals surface area contributed by atoms with Gasteiger partial charge in [0, 0.05) is 31.7 Å². The smallest absolute Gasteiger partial charge is 0.223 e. The van der Waals surface area contributed by atoms with Crippen LogP contribution >= 0.6 is 0 Å². The quantitative estimate of drug-likeness (QED) is 0.684. The number of nitrogens with one attached hydrogen (secondary N) is 1. The number of amides is 1. The molecule has 0 spiro atoms. The first kappa shape index (κ1) is 11.5. The Hall–Kier alpha value is -0.610. The van der Waals surface area contributed by atoms with E-state index in [0.717, 1.165) is 19.3 Å². The summed E-state index contributed by atoms with van der Waals surface area (Å²) in [6.07, 6.45) is 2.58. The summed E-state index contributed by atoms with van der Waals surface area (Å²) in [5, 5.41) is 2.88. The molecule has 0 bridgehead atoms. The molecule has 1 atom stereocenters. The second-order valence-corrected chi connectivity index (χ2v) is 3.80. The third-order valence-corrected chi connectivity index (χ3v) is 2.65. The largest absolute Gasteiger partial charge is 0.381 e. The van der Waals surface area contributed by atoms with E-state index in [0.29, 0.717) is 19.8 Å². The molecule has 1 saturated heterocycles. The number of nitrogens with two attached hydrogens (primary N) is 1. The van der Waals surface area contributed by atoms with Crippen molar-refractivity contribution in [2.24, 2.45) is 11.7 Å². The summed E-state index contributed by atoms with van der Waals surface area (Å²) >= 11 is 0. The molecular formula is C10H20N2O2. The van der Waals surface area contributed by atoms with Gasteiger partial charge in [-0.15, -0.1) is 0 Å². The highest BCUT2D eigenvalue weighted by Gasteiger charge is 2.21. The van der Waals surface area contributed by atoms with Gasteiger partial charge in [-0.2, -0.15) is 0 Å². The van der Waals surface area contributed by atoms with Crippen molar-refractivity contribution in [3.05, 3.63) is 0 Å². The van der Waals surface area contributed by atoms with Crippen LogP contribution in [0, 0.1) is 5.92 Å².